The summed E-state index contributed by atoms with van der Waals surface area (Å²) in [5.74, 6) is 0.356. The molecule has 1 aromatic heterocycles. The van der Waals surface area contributed by atoms with Crippen LogP contribution >= 0.6 is 27.3 Å². The number of carbonyl (C=O) groups excluding carboxylic acids is 1. The summed E-state index contributed by atoms with van der Waals surface area (Å²) in [6, 6.07) is 16.1. The van der Waals surface area contributed by atoms with Crippen LogP contribution in [-0.4, -0.2) is 23.2 Å². The molecular formula is C21H20BrN3OS. The summed E-state index contributed by atoms with van der Waals surface area (Å²) >= 11 is 4.81. The molecule has 0 radical (unpaired) electrons. The number of nitrogens with zero attached hydrogens (tertiary/aromatic N) is 3. The SMILES string of the molecule is CC(C)c1ccc(/C=C/C(=O)N(C)c2nnc(-c3ccc(Br)cc3)s2)cc1. The van der Waals surface area contributed by atoms with Crippen molar-refractivity contribution >= 4 is 44.4 Å². The van der Waals surface area contributed by atoms with Crippen molar-refractivity contribution in [1.29, 1.82) is 0 Å². The zero-order valence-corrected chi connectivity index (χ0v) is 17.8. The van der Waals surface area contributed by atoms with Gasteiger partial charge in [0.2, 0.25) is 5.13 Å². The first-order valence-corrected chi connectivity index (χ1v) is 10.2. The van der Waals surface area contributed by atoms with E-state index in [0.717, 1.165) is 20.6 Å². The number of halogens is 1. The zero-order valence-electron chi connectivity index (χ0n) is 15.4. The maximum atomic E-state index is 12.5. The van der Waals surface area contributed by atoms with Crippen molar-refractivity contribution in [3.63, 3.8) is 0 Å². The van der Waals surface area contributed by atoms with Crippen molar-refractivity contribution < 1.29 is 4.79 Å². The van der Waals surface area contributed by atoms with Crippen LogP contribution < -0.4 is 4.90 Å². The van der Waals surface area contributed by atoms with Gasteiger partial charge >= 0.3 is 0 Å². The van der Waals surface area contributed by atoms with Crippen LogP contribution in [-0.2, 0) is 4.79 Å². The van der Waals surface area contributed by atoms with E-state index in [1.807, 2.05) is 42.5 Å². The first kappa shape index (κ1) is 19.5. The number of likely N-dealkylation sites (N-methyl/N-ethyl adjacent to an activating group) is 1. The number of hydrogen-bond acceptors (Lipinski definition) is 4. The number of rotatable bonds is 5. The Hall–Kier alpha value is -2.31. The molecule has 0 unspecified atom stereocenters. The lowest BCUT2D eigenvalue weighted by Gasteiger charge is -2.09. The molecule has 0 saturated carbocycles. The van der Waals surface area contributed by atoms with E-state index in [2.05, 4.69) is 52.1 Å². The molecule has 4 nitrogen and oxygen atoms in total. The van der Waals surface area contributed by atoms with Crippen molar-refractivity contribution in [2.75, 3.05) is 11.9 Å². The van der Waals surface area contributed by atoms with Gasteiger partial charge in [0.25, 0.3) is 5.91 Å². The Labute approximate surface area is 171 Å². The third kappa shape index (κ3) is 4.90. The van der Waals surface area contributed by atoms with Crippen LogP contribution in [0.4, 0.5) is 5.13 Å². The lowest BCUT2D eigenvalue weighted by Crippen LogP contribution is -2.23. The molecule has 6 heteroatoms. The summed E-state index contributed by atoms with van der Waals surface area (Å²) in [5, 5.41) is 9.70. The molecule has 0 fully saturated rings. The number of anilines is 1. The van der Waals surface area contributed by atoms with Crippen molar-refractivity contribution in [2.45, 2.75) is 19.8 Å². The van der Waals surface area contributed by atoms with Crippen molar-refractivity contribution in [1.82, 2.24) is 10.2 Å². The van der Waals surface area contributed by atoms with E-state index in [9.17, 15) is 4.79 Å². The van der Waals surface area contributed by atoms with Crippen LogP contribution in [0.2, 0.25) is 0 Å². The van der Waals surface area contributed by atoms with E-state index in [1.54, 1.807) is 13.1 Å². The normalized spacial score (nSPS) is 11.3. The molecule has 1 heterocycles. The topological polar surface area (TPSA) is 46.1 Å². The van der Waals surface area contributed by atoms with Crippen LogP contribution in [0.3, 0.4) is 0 Å². The first-order valence-electron chi connectivity index (χ1n) is 8.59. The summed E-state index contributed by atoms with van der Waals surface area (Å²) in [5.41, 5.74) is 3.25. The average Bonchev–Trinajstić information content (AvgIpc) is 3.16. The highest BCUT2D eigenvalue weighted by Crippen LogP contribution is 2.29. The largest absolute Gasteiger partial charge is 0.286 e. The molecule has 1 amide bonds. The highest BCUT2D eigenvalue weighted by atomic mass is 79.9. The fourth-order valence-electron chi connectivity index (χ4n) is 2.43. The molecule has 27 heavy (non-hydrogen) atoms. The molecule has 2 aromatic carbocycles. The Morgan fingerprint density at radius 3 is 2.37 bits per heavy atom. The van der Waals surface area contributed by atoms with Crippen LogP contribution in [0, 0.1) is 0 Å². The standard InChI is InChI=1S/C21H20BrN3OS/c1-14(2)16-7-4-15(5-8-16)6-13-19(26)25(3)21-24-23-20(27-21)17-9-11-18(22)12-10-17/h4-14H,1-3H3/b13-6+. The maximum Gasteiger partial charge on any atom is 0.252 e. The van der Waals surface area contributed by atoms with Gasteiger partial charge in [0.05, 0.1) is 0 Å². The number of amides is 1. The highest BCUT2D eigenvalue weighted by molar-refractivity contribution is 9.10. The second-order valence-corrected chi connectivity index (χ2v) is 8.32. The van der Waals surface area contributed by atoms with Crippen LogP contribution in [0.25, 0.3) is 16.6 Å². The predicted octanol–water partition coefficient (Wildman–Crippen LogP) is 5.77. The quantitative estimate of drug-likeness (QED) is 0.472. The summed E-state index contributed by atoms with van der Waals surface area (Å²) in [6.45, 7) is 4.32. The van der Waals surface area contributed by atoms with Gasteiger partial charge in [-0.05, 0) is 35.3 Å². The molecule has 0 saturated heterocycles. The average molecular weight is 442 g/mol. The minimum absolute atomic E-state index is 0.138. The predicted molar refractivity (Wildman–Crippen MR) is 116 cm³/mol. The van der Waals surface area contributed by atoms with E-state index >= 15 is 0 Å². The van der Waals surface area contributed by atoms with E-state index in [0.29, 0.717) is 11.0 Å². The molecule has 3 aromatic rings. The van der Waals surface area contributed by atoms with Gasteiger partial charge in [-0.15, -0.1) is 10.2 Å². The van der Waals surface area contributed by atoms with Gasteiger partial charge < -0.3 is 0 Å². The molecule has 0 aliphatic heterocycles. The molecule has 0 atom stereocenters. The number of carbonyl (C=O) groups is 1. The fourth-order valence-corrected chi connectivity index (χ4v) is 3.51. The Kier molecular flexibility index (Phi) is 6.19. The molecule has 3 rings (SSSR count). The number of hydrogen-bond donors (Lipinski definition) is 0. The van der Waals surface area contributed by atoms with Crippen molar-refractivity contribution in [3.05, 3.63) is 70.2 Å². The minimum Gasteiger partial charge on any atom is -0.286 e. The second kappa shape index (κ2) is 8.59. The summed E-state index contributed by atoms with van der Waals surface area (Å²) < 4.78 is 1.01. The van der Waals surface area contributed by atoms with Crippen molar-refractivity contribution in [2.24, 2.45) is 0 Å². The van der Waals surface area contributed by atoms with Crippen molar-refractivity contribution in [3.8, 4) is 10.6 Å². The molecule has 0 aliphatic carbocycles. The van der Waals surface area contributed by atoms with Gasteiger partial charge in [0.1, 0.15) is 5.01 Å². The van der Waals surface area contributed by atoms with Gasteiger partial charge in [-0.2, -0.15) is 0 Å². The Morgan fingerprint density at radius 1 is 1.07 bits per heavy atom. The first-order chi connectivity index (χ1) is 12.9. The van der Waals surface area contributed by atoms with E-state index < -0.39 is 0 Å². The highest BCUT2D eigenvalue weighted by Gasteiger charge is 2.14. The zero-order chi connectivity index (χ0) is 19.4. The third-order valence-corrected chi connectivity index (χ3v) is 5.72. The lowest BCUT2D eigenvalue weighted by molar-refractivity contribution is -0.113. The fraction of sp³-hybridized carbons (Fsp3) is 0.190. The summed E-state index contributed by atoms with van der Waals surface area (Å²) in [6.07, 6.45) is 3.38. The molecule has 138 valence electrons. The number of aromatic nitrogens is 2. The molecule has 0 spiro atoms. The molecule has 0 bridgehead atoms. The van der Waals surface area contributed by atoms with Crippen LogP contribution in [0.5, 0.6) is 0 Å². The van der Waals surface area contributed by atoms with E-state index in [1.165, 1.54) is 21.8 Å². The van der Waals surface area contributed by atoms with Gasteiger partial charge in [0.15, 0.2) is 0 Å². The van der Waals surface area contributed by atoms with E-state index in [-0.39, 0.29) is 5.91 Å². The van der Waals surface area contributed by atoms with E-state index in [4.69, 9.17) is 0 Å². The van der Waals surface area contributed by atoms with Crippen LogP contribution in [0.15, 0.2) is 59.1 Å². The lowest BCUT2D eigenvalue weighted by atomic mass is 10.0. The number of benzene rings is 2. The molecule has 0 N–H and O–H groups in total. The summed E-state index contributed by atoms with van der Waals surface area (Å²) in [4.78, 5) is 14.0. The van der Waals surface area contributed by atoms with Gasteiger partial charge in [-0.1, -0.05) is 77.5 Å². The smallest absolute Gasteiger partial charge is 0.252 e. The third-order valence-electron chi connectivity index (χ3n) is 4.14. The Balaban J connectivity index is 1.69. The monoisotopic (exact) mass is 441 g/mol. The second-order valence-electron chi connectivity index (χ2n) is 6.45. The minimum atomic E-state index is -0.138. The van der Waals surface area contributed by atoms with Gasteiger partial charge in [-0.3, -0.25) is 9.69 Å². The van der Waals surface area contributed by atoms with Gasteiger partial charge in [-0.25, -0.2) is 0 Å². The Bertz CT molecular complexity index is 946. The van der Waals surface area contributed by atoms with Gasteiger partial charge in [0, 0.05) is 23.2 Å². The summed E-state index contributed by atoms with van der Waals surface area (Å²) in [7, 11) is 1.71. The molecular weight excluding hydrogens is 422 g/mol. The Morgan fingerprint density at radius 2 is 1.74 bits per heavy atom. The van der Waals surface area contributed by atoms with Crippen LogP contribution in [0.1, 0.15) is 30.9 Å². The maximum absolute atomic E-state index is 12.5. The molecule has 0 aliphatic rings.